The molecule has 1 atom stereocenters. The molecule has 0 aliphatic heterocycles. The zero-order valence-electron chi connectivity index (χ0n) is 8.01. The van der Waals surface area contributed by atoms with Crippen molar-refractivity contribution in [1.82, 2.24) is 0 Å². The van der Waals surface area contributed by atoms with Gasteiger partial charge >= 0.3 is 0 Å². The molecule has 0 spiro atoms. The molecule has 0 unspecified atom stereocenters. The van der Waals surface area contributed by atoms with Crippen LogP contribution in [-0.2, 0) is 6.42 Å². The standard InChI is InChI=1S/C10H13NO3/c1-8(7-12)6-9-4-2-3-5-10(9)11(13)14/h2-5,8,12H,6-7H2,1H3/t8-/m0/s1. The van der Waals surface area contributed by atoms with Gasteiger partial charge in [0.05, 0.1) is 4.92 Å². The molecule has 1 aromatic carbocycles. The first-order chi connectivity index (χ1) is 6.65. The predicted octanol–water partition coefficient (Wildman–Crippen LogP) is 1.77. The Hall–Kier alpha value is -1.42. The summed E-state index contributed by atoms with van der Waals surface area (Å²) < 4.78 is 0. The summed E-state index contributed by atoms with van der Waals surface area (Å²) in [6.07, 6.45) is 0.535. The Balaban J connectivity index is 2.90. The average Bonchev–Trinajstić information content (AvgIpc) is 2.18. The largest absolute Gasteiger partial charge is 0.396 e. The van der Waals surface area contributed by atoms with E-state index < -0.39 is 0 Å². The van der Waals surface area contributed by atoms with Crippen molar-refractivity contribution in [2.24, 2.45) is 5.92 Å². The topological polar surface area (TPSA) is 63.4 Å². The number of aliphatic hydroxyl groups is 1. The first-order valence-corrected chi connectivity index (χ1v) is 4.48. The van der Waals surface area contributed by atoms with Crippen LogP contribution in [0.15, 0.2) is 24.3 Å². The number of rotatable bonds is 4. The van der Waals surface area contributed by atoms with Crippen molar-refractivity contribution >= 4 is 5.69 Å². The number of nitro benzene ring substituents is 1. The minimum absolute atomic E-state index is 0.0477. The molecular weight excluding hydrogens is 182 g/mol. The van der Waals surface area contributed by atoms with Gasteiger partial charge < -0.3 is 5.11 Å². The van der Waals surface area contributed by atoms with Crippen molar-refractivity contribution in [3.8, 4) is 0 Å². The van der Waals surface area contributed by atoms with Crippen LogP contribution in [0.1, 0.15) is 12.5 Å². The summed E-state index contributed by atoms with van der Waals surface area (Å²) in [7, 11) is 0. The monoisotopic (exact) mass is 195 g/mol. The first-order valence-electron chi connectivity index (χ1n) is 4.48. The van der Waals surface area contributed by atoms with E-state index in [1.807, 2.05) is 6.92 Å². The minimum Gasteiger partial charge on any atom is -0.396 e. The second kappa shape index (κ2) is 4.72. The van der Waals surface area contributed by atoms with E-state index in [9.17, 15) is 10.1 Å². The molecule has 0 aromatic heterocycles. The zero-order chi connectivity index (χ0) is 10.6. The van der Waals surface area contributed by atoms with Gasteiger partial charge in [0.25, 0.3) is 5.69 Å². The molecule has 4 nitrogen and oxygen atoms in total. The molecule has 1 N–H and O–H groups in total. The molecule has 0 aliphatic carbocycles. The van der Waals surface area contributed by atoms with E-state index >= 15 is 0 Å². The molecule has 0 bridgehead atoms. The molecule has 0 saturated heterocycles. The van der Waals surface area contributed by atoms with Gasteiger partial charge in [-0.1, -0.05) is 25.1 Å². The van der Waals surface area contributed by atoms with Crippen molar-refractivity contribution in [3.63, 3.8) is 0 Å². The maximum Gasteiger partial charge on any atom is 0.272 e. The van der Waals surface area contributed by atoms with Crippen LogP contribution in [-0.4, -0.2) is 16.6 Å². The van der Waals surface area contributed by atoms with Gasteiger partial charge in [-0.3, -0.25) is 10.1 Å². The van der Waals surface area contributed by atoms with Gasteiger partial charge in [-0.15, -0.1) is 0 Å². The van der Waals surface area contributed by atoms with Gasteiger partial charge in [0, 0.05) is 18.2 Å². The van der Waals surface area contributed by atoms with Crippen LogP contribution in [0.3, 0.4) is 0 Å². The van der Waals surface area contributed by atoms with Gasteiger partial charge in [0.2, 0.25) is 0 Å². The highest BCUT2D eigenvalue weighted by Crippen LogP contribution is 2.20. The maximum absolute atomic E-state index is 10.6. The summed E-state index contributed by atoms with van der Waals surface area (Å²) >= 11 is 0. The number of hydrogen-bond donors (Lipinski definition) is 1. The Morgan fingerprint density at radius 3 is 2.71 bits per heavy atom. The number of para-hydroxylation sites is 1. The lowest BCUT2D eigenvalue weighted by Crippen LogP contribution is -2.06. The molecule has 0 fully saturated rings. The Kier molecular flexibility index (Phi) is 3.59. The first kappa shape index (κ1) is 10.7. The third-order valence-corrected chi connectivity index (χ3v) is 2.07. The Bertz CT molecular complexity index is 325. The fourth-order valence-corrected chi connectivity index (χ4v) is 1.30. The molecule has 0 aliphatic rings. The van der Waals surface area contributed by atoms with Gasteiger partial charge in [-0.2, -0.15) is 0 Å². The average molecular weight is 195 g/mol. The van der Waals surface area contributed by atoms with E-state index in [0.29, 0.717) is 12.0 Å². The van der Waals surface area contributed by atoms with Gasteiger partial charge in [-0.05, 0) is 12.3 Å². The van der Waals surface area contributed by atoms with Crippen LogP contribution in [0.5, 0.6) is 0 Å². The van der Waals surface area contributed by atoms with Crippen molar-refractivity contribution < 1.29 is 10.0 Å². The van der Waals surface area contributed by atoms with Crippen LogP contribution in [0, 0.1) is 16.0 Å². The van der Waals surface area contributed by atoms with E-state index in [2.05, 4.69) is 0 Å². The second-order valence-electron chi connectivity index (χ2n) is 3.38. The lowest BCUT2D eigenvalue weighted by atomic mass is 10.0. The normalized spacial score (nSPS) is 12.4. The van der Waals surface area contributed by atoms with Crippen LogP contribution in [0.2, 0.25) is 0 Å². The lowest BCUT2D eigenvalue weighted by Gasteiger charge is -2.07. The van der Waals surface area contributed by atoms with E-state index in [4.69, 9.17) is 5.11 Å². The number of aliphatic hydroxyl groups excluding tert-OH is 1. The smallest absolute Gasteiger partial charge is 0.272 e. The molecule has 76 valence electrons. The fraction of sp³-hybridized carbons (Fsp3) is 0.400. The number of benzene rings is 1. The highest BCUT2D eigenvalue weighted by Gasteiger charge is 2.14. The molecule has 4 heteroatoms. The summed E-state index contributed by atoms with van der Waals surface area (Å²) in [6, 6.07) is 6.63. The Morgan fingerprint density at radius 2 is 2.14 bits per heavy atom. The van der Waals surface area contributed by atoms with Crippen LogP contribution < -0.4 is 0 Å². The third kappa shape index (κ3) is 2.53. The summed E-state index contributed by atoms with van der Waals surface area (Å²) in [4.78, 5) is 10.2. The number of nitrogens with zero attached hydrogens (tertiary/aromatic N) is 1. The molecule has 1 rings (SSSR count). The fourth-order valence-electron chi connectivity index (χ4n) is 1.30. The quantitative estimate of drug-likeness (QED) is 0.588. The highest BCUT2D eigenvalue weighted by atomic mass is 16.6. The van der Waals surface area contributed by atoms with Gasteiger partial charge in [0.1, 0.15) is 0 Å². The molecule has 0 radical (unpaired) electrons. The van der Waals surface area contributed by atoms with E-state index in [-0.39, 0.29) is 23.1 Å². The van der Waals surface area contributed by atoms with Crippen molar-refractivity contribution in [2.45, 2.75) is 13.3 Å². The van der Waals surface area contributed by atoms with E-state index in [1.54, 1.807) is 18.2 Å². The molecule has 1 aromatic rings. The minimum atomic E-state index is -0.389. The molecule has 14 heavy (non-hydrogen) atoms. The SMILES string of the molecule is C[C@H](CO)Cc1ccccc1[N+](=O)[O-]. The Labute approximate surface area is 82.3 Å². The summed E-state index contributed by atoms with van der Waals surface area (Å²) in [5, 5.41) is 19.5. The molecule has 0 heterocycles. The lowest BCUT2D eigenvalue weighted by molar-refractivity contribution is -0.385. The zero-order valence-corrected chi connectivity index (χ0v) is 8.01. The maximum atomic E-state index is 10.6. The van der Waals surface area contributed by atoms with Gasteiger partial charge in [0.15, 0.2) is 0 Å². The Morgan fingerprint density at radius 1 is 1.50 bits per heavy atom. The van der Waals surface area contributed by atoms with E-state index in [1.165, 1.54) is 6.07 Å². The van der Waals surface area contributed by atoms with Crippen LogP contribution >= 0.6 is 0 Å². The molecule has 0 amide bonds. The van der Waals surface area contributed by atoms with Gasteiger partial charge in [-0.25, -0.2) is 0 Å². The summed E-state index contributed by atoms with van der Waals surface area (Å²) in [6.45, 7) is 1.91. The highest BCUT2D eigenvalue weighted by molar-refractivity contribution is 5.39. The van der Waals surface area contributed by atoms with Crippen molar-refractivity contribution in [3.05, 3.63) is 39.9 Å². The predicted molar refractivity (Wildman–Crippen MR) is 53.1 cm³/mol. The van der Waals surface area contributed by atoms with Crippen molar-refractivity contribution in [2.75, 3.05) is 6.61 Å². The van der Waals surface area contributed by atoms with Crippen LogP contribution in [0.4, 0.5) is 5.69 Å². The number of hydrogen-bond acceptors (Lipinski definition) is 3. The summed E-state index contributed by atoms with van der Waals surface area (Å²) in [5.74, 6) is 0.0519. The second-order valence-corrected chi connectivity index (χ2v) is 3.38. The third-order valence-electron chi connectivity index (χ3n) is 2.07. The molecule has 0 saturated carbocycles. The summed E-state index contributed by atoms with van der Waals surface area (Å²) in [5.41, 5.74) is 0.812. The van der Waals surface area contributed by atoms with Crippen LogP contribution in [0.25, 0.3) is 0 Å². The van der Waals surface area contributed by atoms with Crippen molar-refractivity contribution in [1.29, 1.82) is 0 Å². The molecular formula is C10H13NO3. The number of nitro groups is 1. The van der Waals surface area contributed by atoms with E-state index in [0.717, 1.165) is 0 Å².